The summed E-state index contributed by atoms with van der Waals surface area (Å²) in [5.41, 5.74) is 4.48. The Morgan fingerprint density at radius 2 is 1.80 bits per heavy atom. The van der Waals surface area contributed by atoms with Crippen molar-refractivity contribution in [2.75, 3.05) is 0 Å². The molecule has 0 N–H and O–H groups in total. The van der Waals surface area contributed by atoms with Gasteiger partial charge in [-0.2, -0.15) is 5.26 Å². The molecule has 0 saturated carbocycles. The van der Waals surface area contributed by atoms with Crippen LogP contribution in [0.25, 0.3) is 33.5 Å². The number of nitro benzene ring substituents is 1. The first-order valence-electron chi connectivity index (χ1n) is 10.00. The summed E-state index contributed by atoms with van der Waals surface area (Å²) >= 11 is 0. The normalized spacial score (nSPS) is 11.7. The minimum absolute atomic E-state index is 0.0114. The number of rotatable bonds is 6. The summed E-state index contributed by atoms with van der Waals surface area (Å²) in [5, 5.41) is 22.9. The van der Waals surface area contributed by atoms with Gasteiger partial charge in [-0.15, -0.1) is 0 Å². The van der Waals surface area contributed by atoms with E-state index >= 15 is 0 Å². The summed E-state index contributed by atoms with van der Waals surface area (Å²) in [6.45, 7) is 3.17. The molecule has 4 aromatic rings. The molecule has 0 aliphatic carbocycles. The van der Waals surface area contributed by atoms with Gasteiger partial charge in [0.2, 0.25) is 0 Å². The molecule has 3 aromatic carbocycles. The van der Waals surface area contributed by atoms with Crippen LogP contribution in [-0.4, -0.2) is 9.49 Å². The maximum Gasteiger partial charge on any atom is 0.269 e. The fourth-order valence-corrected chi connectivity index (χ4v) is 3.83. The molecule has 5 nitrogen and oxygen atoms in total. The minimum atomic E-state index is -0.443. The molecule has 0 aliphatic rings. The number of non-ortho nitro benzene ring substituents is 1. The van der Waals surface area contributed by atoms with E-state index < -0.39 is 4.92 Å². The van der Waals surface area contributed by atoms with Crippen molar-refractivity contribution < 1.29 is 4.92 Å². The molecule has 5 heteroatoms. The molecule has 0 saturated heterocycles. The van der Waals surface area contributed by atoms with Crippen molar-refractivity contribution in [3.63, 3.8) is 0 Å². The molecular weight excluding hydrogens is 374 g/mol. The third-order valence-corrected chi connectivity index (χ3v) is 5.35. The van der Waals surface area contributed by atoms with Crippen molar-refractivity contribution in [2.45, 2.75) is 26.3 Å². The first kappa shape index (κ1) is 19.4. The average Bonchev–Trinajstić information content (AvgIpc) is 3.09. The highest BCUT2D eigenvalue weighted by Crippen LogP contribution is 2.31. The molecule has 0 fully saturated rings. The molecule has 0 spiro atoms. The van der Waals surface area contributed by atoms with E-state index in [-0.39, 0.29) is 5.69 Å². The predicted molar refractivity (Wildman–Crippen MR) is 121 cm³/mol. The number of nitriles is 1. The van der Waals surface area contributed by atoms with Gasteiger partial charge in [-0.1, -0.05) is 37.6 Å². The number of para-hydroxylation sites is 1. The maximum absolute atomic E-state index is 10.9. The van der Waals surface area contributed by atoms with Crippen LogP contribution in [0.15, 0.2) is 66.7 Å². The first-order chi connectivity index (χ1) is 14.6. The van der Waals surface area contributed by atoms with Gasteiger partial charge >= 0.3 is 0 Å². The quantitative estimate of drug-likeness (QED) is 0.160. The number of benzene rings is 3. The minimum Gasteiger partial charge on any atom is -0.340 e. The lowest BCUT2D eigenvalue weighted by Gasteiger charge is -2.06. The second-order valence-corrected chi connectivity index (χ2v) is 7.27. The van der Waals surface area contributed by atoms with Gasteiger partial charge in [0.15, 0.2) is 0 Å². The zero-order valence-corrected chi connectivity index (χ0v) is 16.7. The molecular formula is C25H21N3O2. The Balaban J connectivity index is 1.80. The number of unbranched alkanes of at least 4 members (excludes halogenated alkanes) is 1. The monoisotopic (exact) mass is 395 g/mol. The number of hydrogen-bond donors (Lipinski definition) is 0. The van der Waals surface area contributed by atoms with E-state index in [0.717, 1.165) is 30.3 Å². The van der Waals surface area contributed by atoms with Gasteiger partial charge in [0.25, 0.3) is 5.69 Å². The molecule has 0 amide bonds. The van der Waals surface area contributed by atoms with Gasteiger partial charge < -0.3 is 4.57 Å². The van der Waals surface area contributed by atoms with Gasteiger partial charge in [-0.25, -0.2) is 0 Å². The number of aromatic nitrogens is 1. The van der Waals surface area contributed by atoms with Crippen molar-refractivity contribution in [2.24, 2.45) is 0 Å². The first-order valence-corrected chi connectivity index (χ1v) is 10.00. The maximum atomic E-state index is 10.9. The smallest absolute Gasteiger partial charge is 0.269 e. The second-order valence-electron chi connectivity index (χ2n) is 7.27. The van der Waals surface area contributed by atoms with Crippen LogP contribution >= 0.6 is 0 Å². The van der Waals surface area contributed by atoms with E-state index in [0.29, 0.717) is 11.1 Å². The molecule has 30 heavy (non-hydrogen) atoms. The Morgan fingerprint density at radius 1 is 1.07 bits per heavy atom. The van der Waals surface area contributed by atoms with Gasteiger partial charge in [0.1, 0.15) is 0 Å². The van der Waals surface area contributed by atoms with Gasteiger partial charge in [-0.3, -0.25) is 10.1 Å². The zero-order chi connectivity index (χ0) is 21.1. The SMILES string of the molecule is CCCCn1c2ccccc2c2cc(/C=C(\C#N)c3ccc([N+](=O)[O-])cc3)ccc21. The molecule has 148 valence electrons. The number of fused-ring (bicyclic) bond motifs is 3. The van der Waals surface area contributed by atoms with Gasteiger partial charge in [0.05, 0.1) is 16.6 Å². The Kier molecular flexibility index (Phi) is 5.32. The summed E-state index contributed by atoms with van der Waals surface area (Å²) in [4.78, 5) is 10.4. The predicted octanol–water partition coefficient (Wildman–Crippen LogP) is 6.57. The molecule has 1 aromatic heterocycles. The fraction of sp³-hybridized carbons (Fsp3) is 0.160. The molecule has 0 unspecified atom stereocenters. The third kappa shape index (κ3) is 3.56. The van der Waals surface area contributed by atoms with Gasteiger partial charge in [-0.05, 0) is 54.0 Å². The molecule has 0 atom stereocenters. The van der Waals surface area contributed by atoms with E-state index in [9.17, 15) is 15.4 Å². The lowest BCUT2D eigenvalue weighted by Crippen LogP contribution is -1.96. The van der Waals surface area contributed by atoms with Crippen LogP contribution in [0.3, 0.4) is 0 Å². The molecule has 4 rings (SSSR count). The molecule has 0 aliphatic heterocycles. The van der Waals surface area contributed by atoms with E-state index in [1.807, 2.05) is 18.2 Å². The largest absolute Gasteiger partial charge is 0.340 e. The van der Waals surface area contributed by atoms with Crippen LogP contribution in [0.1, 0.15) is 30.9 Å². The van der Waals surface area contributed by atoms with E-state index in [2.05, 4.69) is 47.9 Å². The Labute approximate surface area is 174 Å². The van der Waals surface area contributed by atoms with Crippen molar-refractivity contribution in [3.05, 3.63) is 88.0 Å². The van der Waals surface area contributed by atoms with Crippen molar-refractivity contribution >= 4 is 39.1 Å². The van der Waals surface area contributed by atoms with E-state index in [1.165, 1.54) is 28.6 Å². The Bertz CT molecular complexity index is 1310. The summed E-state index contributed by atoms with van der Waals surface area (Å²) in [7, 11) is 0. The van der Waals surface area contributed by atoms with E-state index in [4.69, 9.17) is 0 Å². The molecule has 1 heterocycles. The molecule has 0 bridgehead atoms. The third-order valence-electron chi connectivity index (χ3n) is 5.35. The number of nitrogens with zero attached hydrogens (tertiary/aromatic N) is 3. The van der Waals surface area contributed by atoms with Gasteiger partial charge in [0, 0.05) is 40.5 Å². The zero-order valence-electron chi connectivity index (χ0n) is 16.7. The highest BCUT2D eigenvalue weighted by Gasteiger charge is 2.11. The highest BCUT2D eigenvalue weighted by molar-refractivity contribution is 6.09. The molecule has 0 radical (unpaired) electrons. The summed E-state index contributed by atoms with van der Waals surface area (Å²) in [6.07, 6.45) is 4.09. The fourth-order valence-electron chi connectivity index (χ4n) is 3.83. The summed E-state index contributed by atoms with van der Waals surface area (Å²) < 4.78 is 2.36. The highest BCUT2D eigenvalue weighted by atomic mass is 16.6. The topological polar surface area (TPSA) is 71.9 Å². The number of aryl methyl sites for hydroxylation is 1. The average molecular weight is 395 g/mol. The summed E-state index contributed by atoms with van der Waals surface area (Å²) in [6, 6.07) is 22.9. The van der Waals surface area contributed by atoms with E-state index in [1.54, 1.807) is 12.1 Å². The van der Waals surface area contributed by atoms with Crippen LogP contribution in [0.2, 0.25) is 0 Å². The van der Waals surface area contributed by atoms with Crippen LogP contribution in [0, 0.1) is 21.4 Å². The number of allylic oxidation sites excluding steroid dienone is 1. The second kappa shape index (κ2) is 8.22. The number of hydrogen-bond acceptors (Lipinski definition) is 3. The Morgan fingerprint density at radius 3 is 2.50 bits per heavy atom. The van der Waals surface area contributed by atoms with Crippen molar-refractivity contribution in [1.29, 1.82) is 5.26 Å². The van der Waals surface area contributed by atoms with Crippen LogP contribution in [-0.2, 0) is 6.54 Å². The van der Waals surface area contributed by atoms with Crippen molar-refractivity contribution in [3.8, 4) is 6.07 Å². The van der Waals surface area contributed by atoms with Crippen LogP contribution in [0.5, 0.6) is 0 Å². The summed E-state index contributed by atoms with van der Waals surface area (Å²) in [5.74, 6) is 0. The van der Waals surface area contributed by atoms with Crippen LogP contribution in [0.4, 0.5) is 5.69 Å². The van der Waals surface area contributed by atoms with Crippen molar-refractivity contribution in [1.82, 2.24) is 4.57 Å². The lowest BCUT2D eigenvalue weighted by molar-refractivity contribution is -0.384. The lowest BCUT2D eigenvalue weighted by atomic mass is 10.0. The Hall–Kier alpha value is -3.91. The number of nitro groups is 1. The standard InChI is InChI=1S/C25H21N3O2/c1-2-3-14-27-24-7-5-4-6-22(24)23-16-18(8-13-25(23)27)15-20(17-26)19-9-11-21(12-10-19)28(29)30/h4-13,15-16H,2-3,14H2,1H3/b20-15+. The van der Waals surface area contributed by atoms with Crippen LogP contribution < -0.4 is 0 Å².